The summed E-state index contributed by atoms with van der Waals surface area (Å²) in [6.45, 7) is -0.535. The van der Waals surface area contributed by atoms with Gasteiger partial charge in [-0.05, 0) is 40.8 Å². The van der Waals surface area contributed by atoms with E-state index in [9.17, 15) is 13.2 Å². The molecule has 2 aromatic rings. The second kappa shape index (κ2) is 6.23. The predicted octanol–water partition coefficient (Wildman–Crippen LogP) is 5.20. The molecule has 108 valence electrons. The smallest absolute Gasteiger partial charge is 0.404 e. The van der Waals surface area contributed by atoms with E-state index in [2.05, 4.69) is 20.9 Å². The van der Waals surface area contributed by atoms with Gasteiger partial charge in [0.2, 0.25) is 0 Å². The monoisotopic (exact) mass is 479 g/mol. The summed E-state index contributed by atoms with van der Waals surface area (Å²) in [5.74, 6) is 0.305. The minimum atomic E-state index is -4.36. The van der Waals surface area contributed by atoms with Crippen molar-refractivity contribution in [1.29, 1.82) is 0 Å². The number of hydrogen-bond donors (Lipinski definition) is 0. The molecule has 0 fully saturated rings. The second-order valence-corrected chi connectivity index (χ2v) is 6.56. The molecule has 2 rings (SSSR count). The lowest BCUT2D eigenvalue weighted by Gasteiger charge is -2.16. The molecule has 1 aromatic carbocycles. The van der Waals surface area contributed by atoms with Gasteiger partial charge in [-0.2, -0.15) is 13.2 Å². The predicted molar refractivity (Wildman–Crippen MR) is 83.7 cm³/mol. The Kier molecular flexibility index (Phi) is 5.01. The molecule has 20 heavy (non-hydrogen) atoms. The van der Waals surface area contributed by atoms with Gasteiger partial charge in [-0.1, -0.05) is 27.5 Å². The van der Waals surface area contributed by atoms with E-state index in [1.165, 1.54) is 6.20 Å². The van der Waals surface area contributed by atoms with Crippen LogP contribution in [-0.4, -0.2) is 22.6 Å². The zero-order valence-electron chi connectivity index (χ0n) is 9.72. The van der Waals surface area contributed by atoms with Gasteiger partial charge < -0.3 is 4.74 Å². The van der Waals surface area contributed by atoms with Crippen LogP contribution in [0.5, 0.6) is 5.75 Å². The molecule has 1 heterocycles. The molecule has 8 heteroatoms. The molecule has 1 atom stereocenters. The third-order valence-corrected chi connectivity index (χ3v) is 4.38. The van der Waals surface area contributed by atoms with Crippen molar-refractivity contribution in [2.75, 3.05) is 6.61 Å². The summed E-state index contributed by atoms with van der Waals surface area (Å²) in [6.07, 6.45) is -2.82. The molecule has 0 aliphatic carbocycles. The molecule has 0 radical (unpaired) electrons. The number of benzene rings is 1. The largest absolute Gasteiger partial charge is 0.489 e. The van der Waals surface area contributed by atoms with Crippen LogP contribution < -0.4 is 4.74 Å². The highest BCUT2D eigenvalue weighted by Gasteiger charge is 2.38. The summed E-state index contributed by atoms with van der Waals surface area (Å²) in [5.41, 5.74) is 0.450. The lowest BCUT2D eigenvalue weighted by Crippen LogP contribution is -2.29. The van der Waals surface area contributed by atoms with Gasteiger partial charge in [0.05, 0.1) is 8.59 Å². The second-order valence-electron chi connectivity index (χ2n) is 3.89. The van der Waals surface area contributed by atoms with Gasteiger partial charge in [-0.15, -0.1) is 0 Å². The Balaban J connectivity index is 2.35. The molecule has 0 saturated carbocycles. The minimum Gasteiger partial charge on any atom is -0.489 e. The summed E-state index contributed by atoms with van der Waals surface area (Å²) in [5, 5.41) is 1.12. The average Bonchev–Trinajstić information content (AvgIpc) is 2.37. The molecule has 0 bridgehead atoms. The maximum atomic E-state index is 12.5. The molecule has 0 amide bonds. The fourth-order valence-corrected chi connectivity index (χ4v) is 2.84. The van der Waals surface area contributed by atoms with Gasteiger partial charge in [0.25, 0.3) is 0 Å². The topological polar surface area (TPSA) is 22.1 Å². The van der Waals surface area contributed by atoms with Gasteiger partial charge >= 0.3 is 6.18 Å². The number of halogens is 6. The van der Waals surface area contributed by atoms with Crippen LogP contribution in [-0.2, 0) is 0 Å². The highest BCUT2D eigenvalue weighted by Crippen LogP contribution is 2.35. The van der Waals surface area contributed by atoms with Gasteiger partial charge in [0.1, 0.15) is 17.0 Å². The number of aromatic nitrogens is 1. The van der Waals surface area contributed by atoms with E-state index in [0.717, 1.165) is 0 Å². The number of rotatable bonds is 3. The first kappa shape index (κ1) is 16.1. The Hall–Kier alpha value is -0.280. The SMILES string of the molecule is FC(F)(F)C(Br)COc1c(I)cc(Cl)c2cccnc12. The van der Waals surface area contributed by atoms with Crippen molar-refractivity contribution in [2.45, 2.75) is 11.0 Å². The number of pyridine rings is 1. The van der Waals surface area contributed by atoms with Gasteiger partial charge in [-0.25, -0.2) is 0 Å². The molecule has 1 aromatic heterocycles. The fraction of sp³-hybridized carbons (Fsp3) is 0.250. The van der Waals surface area contributed by atoms with E-state index < -0.39 is 17.6 Å². The van der Waals surface area contributed by atoms with Crippen molar-refractivity contribution in [3.05, 3.63) is 33.0 Å². The lowest BCUT2D eigenvalue weighted by atomic mass is 10.2. The van der Waals surface area contributed by atoms with Crippen LogP contribution in [0.15, 0.2) is 24.4 Å². The van der Waals surface area contributed by atoms with Crippen LogP contribution in [0.2, 0.25) is 5.02 Å². The average molecular weight is 480 g/mol. The van der Waals surface area contributed by atoms with E-state index >= 15 is 0 Å². The van der Waals surface area contributed by atoms with E-state index in [1.807, 2.05) is 22.6 Å². The molecule has 1 unspecified atom stereocenters. The first-order chi connectivity index (χ1) is 9.30. The van der Waals surface area contributed by atoms with Crippen LogP contribution in [0.1, 0.15) is 0 Å². The number of alkyl halides is 4. The molecule has 0 N–H and O–H groups in total. The standard InChI is InChI=1S/C12H7BrClF3INO/c13-9(12(15,16)17)5-20-11-8(18)4-7(14)6-2-1-3-19-10(6)11/h1-4,9H,5H2. The zero-order valence-corrected chi connectivity index (χ0v) is 14.2. The zero-order chi connectivity index (χ0) is 14.9. The molecule has 2 nitrogen and oxygen atoms in total. The highest BCUT2D eigenvalue weighted by molar-refractivity contribution is 14.1. The van der Waals surface area contributed by atoms with Crippen molar-refractivity contribution in [1.82, 2.24) is 4.98 Å². The molecule has 0 aliphatic rings. The Morgan fingerprint density at radius 2 is 2.15 bits per heavy atom. The van der Waals surface area contributed by atoms with E-state index in [-0.39, 0.29) is 0 Å². The van der Waals surface area contributed by atoms with Crippen LogP contribution in [0, 0.1) is 3.57 Å². The van der Waals surface area contributed by atoms with Crippen molar-refractivity contribution in [3.8, 4) is 5.75 Å². The summed E-state index contributed by atoms with van der Waals surface area (Å²) in [7, 11) is 0. The molecular formula is C12H7BrClF3INO. The van der Waals surface area contributed by atoms with E-state index in [0.29, 0.717) is 25.2 Å². The van der Waals surface area contributed by atoms with Crippen LogP contribution >= 0.6 is 50.1 Å². The minimum absolute atomic E-state index is 0.305. The van der Waals surface area contributed by atoms with Gasteiger partial charge in [0.15, 0.2) is 5.75 Å². The number of nitrogens with zero attached hydrogens (tertiary/aromatic N) is 1. The number of hydrogen-bond acceptors (Lipinski definition) is 2. The van der Waals surface area contributed by atoms with Crippen LogP contribution in [0.25, 0.3) is 10.9 Å². The third-order valence-electron chi connectivity index (χ3n) is 2.48. The van der Waals surface area contributed by atoms with E-state index in [4.69, 9.17) is 16.3 Å². The van der Waals surface area contributed by atoms with Crippen LogP contribution in [0.4, 0.5) is 13.2 Å². The maximum Gasteiger partial charge on any atom is 0.404 e. The Bertz CT molecular complexity index is 638. The van der Waals surface area contributed by atoms with Crippen molar-refractivity contribution in [2.24, 2.45) is 0 Å². The first-order valence-electron chi connectivity index (χ1n) is 5.37. The summed E-state index contributed by atoms with van der Waals surface area (Å²) in [6, 6.07) is 5.08. The third kappa shape index (κ3) is 3.48. The molecule has 0 aliphatic heterocycles. The first-order valence-corrected chi connectivity index (χ1v) is 7.74. The molecular weight excluding hydrogens is 473 g/mol. The normalized spacial score (nSPS) is 13.5. The molecule has 0 spiro atoms. The van der Waals surface area contributed by atoms with Crippen molar-refractivity contribution >= 4 is 61.0 Å². The molecule has 0 saturated heterocycles. The van der Waals surface area contributed by atoms with E-state index in [1.54, 1.807) is 18.2 Å². The maximum absolute atomic E-state index is 12.5. The number of fused-ring (bicyclic) bond motifs is 1. The van der Waals surface area contributed by atoms with Gasteiger partial charge in [0, 0.05) is 11.6 Å². The summed E-state index contributed by atoms with van der Waals surface area (Å²) in [4.78, 5) is 2.40. The Morgan fingerprint density at radius 3 is 2.80 bits per heavy atom. The summed E-state index contributed by atoms with van der Waals surface area (Å²) < 4.78 is 43.3. The quantitative estimate of drug-likeness (QED) is 0.445. The van der Waals surface area contributed by atoms with Crippen molar-refractivity contribution in [3.63, 3.8) is 0 Å². The summed E-state index contributed by atoms with van der Waals surface area (Å²) >= 11 is 10.6. The highest BCUT2D eigenvalue weighted by atomic mass is 127. The fourth-order valence-electron chi connectivity index (χ4n) is 1.53. The number of ether oxygens (including phenoxy) is 1. The lowest BCUT2D eigenvalue weighted by molar-refractivity contribution is -0.132. The van der Waals surface area contributed by atoms with Crippen LogP contribution in [0.3, 0.4) is 0 Å². The van der Waals surface area contributed by atoms with Crippen molar-refractivity contribution < 1.29 is 17.9 Å². The van der Waals surface area contributed by atoms with Gasteiger partial charge in [-0.3, -0.25) is 4.98 Å². The Morgan fingerprint density at radius 1 is 1.45 bits per heavy atom. The Labute approximate surface area is 139 Å².